The van der Waals surface area contributed by atoms with Crippen LogP contribution in [0.3, 0.4) is 0 Å². The van der Waals surface area contributed by atoms with Crippen molar-refractivity contribution in [3.63, 3.8) is 0 Å². The van der Waals surface area contributed by atoms with Crippen molar-refractivity contribution in [3.8, 4) is 11.3 Å². The Hall–Kier alpha value is -2.08. The van der Waals surface area contributed by atoms with Crippen LogP contribution in [0.2, 0.25) is 0 Å². The molecule has 2 heterocycles. The van der Waals surface area contributed by atoms with Crippen molar-refractivity contribution in [3.05, 3.63) is 40.7 Å². The topological polar surface area (TPSA) is 79.1 Å². The average Bonchev–Trinajstić information content (AvgIpc) is 2.93. The highest BCUT2D eigenvalue weighted by Gasteiger charge is 2.15. The first-order valence-electron chi connectivity index (χ1n) is 5.12. The molecule has 0 aliphatic heterocycles. The van der Waals surface area contributed by atoms with E-state index in [1.165, 1.54) is 6.07 Å². The molecule has 0 amide bonds. The van der Waals surface area contributed by atoms with Crippen LogP contribution in [0.5, 0.6) is 0 Å². The van der Waals surface area contributed by atoms with Gasteiger partial charge >= 0.3 is 5.97 Å². The van der Waals surface area contributed by atoms with Crippen LogP contribution < -0.4 is 0 Å². The number of carbonyl (C=O) groups is 1. The number of benzene rings is 1. The van der Waals surface area contributed by atoms with Gasteiger partial charge < -0.3 is 14.6 Å². The van der Waals surface area contributed by atoms with E-state index in [-0.39, 0.29) is 5.76 Å². The molecule has 0 bridgehead atoms. The standard InChI is InChI=1S/C12H7BrN2O3/c13-6-1-2-9-7(3-6)8(5-14-9)10-4-11(12(16)17)18-15-10/h1-5,14H,(H,16,17). The lowest BCUT2D eigenvalue weighted by atomic mass is 10.1. The van der Waals surface area contributed by atoms with Crippen LogP contribution in [-0.2, 0) is 0 Å². The van der Waals surface area contributed by atoms with Gasteiger partial charge in [-0.25, -0.2) is 4.79 Å². The molecule has 0 atom stereocenters. The minimum atomic E-state index is -1.13. The highest BCUT2D eigenvalue weighted by molar-refractivity contribution is 9.10. The smallest absolute Gasteiger partial charge is 0.374 e. The van der Waals surface area contributed by atoms with Gasteiger partial charge in [-0.15, -0.1) is 0 Å². The molecule has 0 radical (unpaired) electrons. The van der Waals surface area contributed by atoms with Gasteiger partial charge in [-0.05, 0) is 18.2 Å². The zero-order valence-corrected chi connectivity index (χ0v) is 10.6. The van der Waals surface area contributed by atoms with E-state index in [0.29, 0.717) is 5.69 Å². The van der Waals surface area contributed by atoms with E-state index in [4.69, 9.17) is 9.63 Å². The fraction of sp³-hybridized carbons (Fsp3) is 0. The lowest BCUT2D eigenvalue weighted by Crippen LogP contribution is -1.91. The Kier molecular flexibility index (Phi) is 2.45. The third-order valence-electron chi connectivity index (χ3n) is 2.64. The van der Waals surface area contributed by atoms with E-state index in [2.05, 4.69) is 26.1 Å². The Morgan fingerprint density at radius 2 is 2.22 bits per heavy atom. The largest absolute Gasteiger partial charge is 0.475 e. The number of aromatic nitrogens is 2. The van der Waals surface area contributed by atoms with Gasteiger partial charge in [-0.3, -0.25) is 0 Å². The molecule has 5 nitrogen and oxygen atoms in total. The molecule has 3 rings (SSSR count). The summed E-state index contributed by atoms with van der Waals surface area (Å²) in [6.07, 6.45) is 1.78. The molecule has 0 saturated heterocycles. The van der Waals surface area contributed by atoms with Gasteiger partial charge in [-0.2, -0.15) is 0 Å². The molecule has 0 unspecified atom stereocenters. The summed E-state index contributed by atoms with van der Waals surface area (Å²) in [5, 5.41) is 13.5. The second kappa shape index (κ2) is 3.99. The number of nitrogens with zero attached hydrogens (tertiary/aromatic N) is 1. The summed E-state index contributed by atoms with van der Waals surface area (Å²) < 4.78 is 5.70. The molecule has 2 aromatic heterocycles. The number of halogens is 1. The lowest BCUT2D eigenvalue weighted by Gasteiger charge is -1.94. The summed E-state index contributed by atoms with van der Waals surface area (Å²) in [5.41, 5.74) is 2.26. The van der Waals surface area contributed by atoms with E-state index < -0.39 is 5.97 Å². The van der Waals surface area contributed by atoms with Crippen LogP contribution in [0.1, 0.15) is 10.6 Å². The molecule has 0 aliphatic rings. The SMILES string of the molecule is O=C(O)c1cc(-c2c[nH]c3ccc(Br)cc23)no1. The highest BCUT2D eigenvalue weighted by Crippen LogP contribution is 2.30. The summed E-state index contributed by atoms with van der Waals surface area (Å²) in [6, 6.07) is 7.21. The predicted molar refractivity (Wildman–Crippen MR) is 68.5 cm³/mol. The number of H-pyrrole nitrogens is 1. The first-order chi connectivity index (χ1) is 8.65. The zero-order valence-electron chi connectivity index (χ0n) is 8.98. The average molecular weight is 307 g/mol. The van der Waals surface area contributed by atoms with Crippen molar-refractivity contribution in [2.24, 2.45) is 0 Å². The molecule has 2 N–H and O–H groups in total. The van der Waals surface area contributed by atoms with E-state index in [0.717, 1.165) is 20.9 Å². The highest BCUT2D eigenvalue weighted by atomic mass is 79.9. The fourth-order valence-electron chi connectivity index (χ4n) is 1.81. The normalized spacial score (nSPS) is 10.9. The van der Waals surface area contributed by atoms with Crippen molar-refractivity contribution >= 4 is 32.8 Å². The molecule has 1 aromatic carbocycles. The number of fused-ring (bicyclic) bond motifs is 1. The van der Waals surface area contributed by atoms with Gasteiger partial charge in [0.1, 0.15) is 5.69 Å². The minimum absolute atomic E-state index is 0.172. The van der Waals surface area contributed by atoms with Gasteiger partial charge in [0.15, 0.2) is 0 Å². The number of rotatable bonds is 2. The van der Waals surface area contributed by atoms with Gasteiger partial charge in [0.05, 0.1) is 0 Å². The van der Waals surface area contributed by atoms with Crippen LogP contribution in [0, 0.1) is 0 Å². The lowest BCUT2D eigenvalue weighted by molar-refractivity contribution is 0.0652. The fourth-order valence-corrected chi connectivity index (χ4v) is 2.17. The minimum Gasteiger partial charge on any atom is -0.475 e. The van der Waals surface area contributed by atoms with Crippen LogP contribution in [-0.4, -0.2) is 21.2 Å². The second-order valence-corrected chi connectivity index (χ2v) is 4.69. The number of hydrogen-bond acceptors (Lipinski definition) is 3. The van der Waals surface area contributed by atoms with E-state index in [1.807, 2.05) is 18.2 Å². The summed E-state index contributed by atoms with van der Waals surface area (Å²) in [5.74, 6) is -1.30. The monoisotopic (exact) mass is 306 g/mol. The Bertz CT molecular complexity index is 745. The molecule has 0 spiro atoms. The van der Waals surface area contributed by atoms with Crippen molar-refractivity contribution < 1.29 is 14.4 Å². The Labute approximate surface area is 110 Å². The second-order valence-electron chi connectivity index (χ2n) is 3.77. The van der Waals surface area contributed by atoms with Crippen molar-refractivity contribution in [2.45, 2.75) is 0 Å². The predicted octanol–water partition coefficient (Wildman–Crippen LogP) is 3.28. The number of carboxylic acids is 1. The summed E-state index contributed by atoms with van der Waals surface area (Å²) in [6.45, 7) is 0. The van der Waals surface area contributed by atoms with Crippen LogP contribution >= 0.6 is 15.9 Å². The Morgan fingerprint density at radius 1 is 1.39 bits per heavy atom. The molecule has 18 heavy (non-hydrogen) atoms. The first kappa shape index (κ1) is 11.0. The molecule has 3 aromatic rings. The van der Waals surface area contributed by atoms with E-state index in [1.54, 1.807) is 6.20 Å². The van der Waals surface area contributed by atoms with Crippen LogP contribution in [0.4, 0.5) is 0 Å². The number of aromatic amines is 1. The molecule has 0 aliphatic carbocycles. The molecule has 0 saturated carbocycles. The van der Waals surface area contributed by atoms with Crippen molar-refractivity contribution in [2.75, 3.05) is 0 Å². The zero-order chi connectivity index (χ0) is 12.7. The van der Waals surface area contributed by atoms with Gasteiger partial charge in [0, 0.05) is 33.2 Å². The molecular weight excluding hydrogens is 300 g/mol. The Balaban J connectivity index is 2.18. The molecular formula is C12H7BrN2O3. The van der Waals surface area contributed by atoms with Crippen LogP contribution in [0.25, 0.3) is 22.2 Å². The first-order valence-corrected chi connectivity index (χ1v) is 5.91. The number of carboxylic acid groups (broad SMARTS) is 1. The van der Waals surface area contributed by atoms with Gasteiger partial charge in [0.25, 0.3) is 0 Å². The maximum absolute atomic E-state index is 10.8. The summed E-state index contributed by atoms with van der Waals surface area (Å²) in [4.78, 5) is 13.9. The van der Waals surface area contributed by atoms with Gasteiger partial charge in [-0.1, -0.05) is 21.1 Å². The third-order valence-corrected chi connectivity index (χ3v) is 3.13. The molecule has 0 fully saturated rings. The maximum atomic E-state index is 10.8. The Morgan fingerprint density at radius 3 is 2.94 bits per heavy atom. The summed E-state index contributed by atoms with van der Waals surface area (Å²) in [7, 11) is 0. The maximum Gasteiger partial charge on any atom is 0.374 e. The van der Waals surface area contributed by atoms with Crippen molar-refractivity contribution in [1.82, 2.24) is 10.1 Å². The van der Waals surface area contributed by atoms with Crippen LogP contribution in [0.15, 0.2) is 39.5 Å². The number of nitrogens with one attached hydrogen (secondary N) is 1. The van der Waals surface area contributed by atoms with Gasteiger partial charge in [0.2, 0.25) is 5.76 Å². The molecule has 6 heteroatoms. The van der Waals surface area contributed by atoms with Crippen molar-refractivity contribution in [1.29, 1.82) is 0 Å². The number of hydrogen-bond donors (Lipinski definition) is 2. The number of aromatic carboxylic acids is 1. The van der Waals surface area contributed by atoms with E-state index in [9.17, 15) is 4.79 Å². The van der Waals surface area contributed by atoms with E-state index >= 15 is 0 Å². The third kappa shape index (κ3) is 1.70. The summed E-state index contributed by atoms with van der Waals surface area (Å²) >= 11 is 3.40. The molecule has 90 valence electrons. The quantitative estimate of drug-likeness (QED) is 0.761.